The van der Waals surface area contributed by atoms with Crippen molar-refractivity contribution in [3.8, 4) is 0 Å². The standard InChI is InChI=1S/C20H40NO3P/c1-13(2)17-9-7-15(5)11-19(17)23-25(21,22)24-20-12-16(6)8-10-18(20)14(3)4/h13-20H,7-12H2,1-6H3,(H2,21,22)/t15-,16-,17-,18-,19-,20-/m1/s1. The minimum Gasteiger partial charge on any atom is -0.293 e. The molecule has 6 atom stereocenters. The van der Waals surface area contributed by atoms with Crippen molar-refractivity contribution in [2.24, 2.45) is 41.0 Å². The third kappa shape index (κ3) is 6.06. The van der Waals surface area contributed by atoms with Crippen LogP contribution in [0.15, 0.2) is 0 Å². The van der Waals surface area contributed by atoms with Gasteiger partial charge >= 0.3 is 7.75 Å². The minimum atomic E-state index is -3.54. The van der Waals surface area contributed by atoms with Crippen LogP contribution >= 0.6 is 7.75 Å². The highest BCUT2D eigenvalue weighted by Gasteiger charge is 2.40. The van der Waals surface area contributed by atoms with Crippen LogP contribution in [-0.2, 0) is 13.6 Å². The van der Waals surface area contributed by atoms with Gasteiger partial charge in [0.1, 0.15) is 0 Å². The zero-order valence-corrected chi connectivity index (χ0v) is 18.0. The predicted octanol–water partition coefficient (Wildman–Crippen LogP) is 6.01. The summed E-state index contributed by atoms with van der Waals surface area (Å²) in [6.07, 6.45) is 6.46. The number of nitrogens with two attached hydrogens (primary N) is 1. The summed E-state index contributed by atoms with van der Waals surface area (Å²) in [5, 5.41) is 0. The zero-order chi connectivity index (χ0) is 18.8. The normalized spacial score (nSPS) is 37.6. The Morgan fingerprint density at radius 1 is 0.800 bits per heavy atom. The first-order valence-corrected chi connectivity index (χ1v) is 12.0. The molecule has 5 heteroatoms. The second-order valence-electron chi connectivity index (χ2n) is 9.48. The van der Waals surface area contributed by atoms with E-state index in [2.05, 4.69) is 41.5 Å². The highest BCUT2D eigenvalue weighted by atomic mass is 31.2. The topological polar surface area (TPSA) is 61.5 Å². The number of hydrogen-bond donors (Lipinski definition) is 1. The Bertz CT molecular complexity index is 430. The van der Waals surface area contributed by atoms with Crippen molar-refractivity contribution < 1.29 is 13.6 Å². The molecule has 0 aromatic carbocycles. The Morgan fingerprint density at radius 2 is 1.16 bits per heavy atom. The monoisotopic (exact) mass is 373 g/mol. The molecule has 2 fully saturated rings. The molecule has 0 radical (unpaired) electrons. The van der Waals surface area contributed by atoms with Crippen LogP contribution in [0, 0.1) is 35.5 Å². The van der Waals surface area contributed by atoms with Gasteiger partial charge in [0, 0.05) is 0 Å². The van der Waals surface area contributed by atoms with E-state index in [0.717, 1.165) is 25.7 Å². The Hall–Kier alpha value is 0.110. The second-order valence-corrected chi connectivity index (χ2v) is 11.0. The molecule has 0 amide bonds. The predicted molar refractivity (Wildman–Crippen MR) is 104 cm³/mol. The van der Waals surface area contributed by atoms with E-state index in [1.165, 1.54) is 12.8 Å². The molecule has 0 aliphatic heterocycles. The Labute approximate surface area is 155 Å². The van der Waals surface area contributed by atoms with Crippen LogP contribution in [0.1, 0.15) is 80.1 Å². The van der Waals surface area contributed by atoms with E-state index in [4.69, 9.17) is 14.6 Å². The first-order chi connectivity index (χ1) is 11.6. The number of hydrogen-bond acceptors (Lipinski definition) is 3. The third-order valence-electron chi connectivity index (χ3n) is 6.49. The average molecular weight is 374 g/mol. The summed E-state index contributed by atoms with van der Waals surface area (Å²) in [5.41, 5.74) is 6.11. The lowest BCUT2D eigenvalue weighted by atomic mass is 9.75. The molecular formula is C20H40NO3P. The van der Waals surface area contributed by atoms with Gasteiger partial charge in [0.05, 0.1) is 12.2 Å². The fraction of sp³-hybridized carbons (Fsp3) is 1.00. The molecule has 2 aliphatic rings. The summed E-state index contributed by atoms with van der Waals surface area (Å²) < 4.78 is 25.0. The molecule has 2 saturated carbocycles. The summed E-state index contributed by atoms with van der Waals surface area (Å²) in [6.45, 7) is 13.4. The second kappa shape index (κ2) is 8.87. The summed E-state index contributed by atoms with van der Waals surface area (Å²) in [4.78, 5) is 0. The quantitative estimate of drug-likeness (QED) is 0.579. The molecule has 0 aromatic rings. The van der Waals surface area contributed by atoms with Crippen LogP contribution in [0.2, 0.25) is 0 Å². The van der Waals surface area contributed by atoms with Crippen molar-refractivity contribution in [3.63, 3.8) is 0 Å². The highest BCUT2D eigenvalue weighted by molar-refractivity contribution is 7.51. The van der Waals surface area contributed by atoms with E-state index < -0.39 is 7.75 Å². The van der Waals surface area contributed by atoms with Crippen LogP contribution in [0.5, 0.6) is 0 Å². The molecule has 25 heavy (non-hydrogen) atoms. The Balaban J connectivity index is 2.04. The van der Waals surface area contributed by atoms with Gasteiger partial charge in [0.25, 0.3) is 0 Å². The van der Waals surface area contributed by atoms with Crippen molar-refractivity contribution in [2.75, 3.05) is 0 Å². The van der Waals surface area contributed by atoms with Gasteiger partial charge < -0.3 is 0 Å². The maximum Gasteiger partial charge on any atom is 0.403 e. The first-order valence-electron chi connectivity index (χ1n) is 10.3. The number of rotatable bonds is 6. The van der Waals surface area contributed by atoms with Gasteiger partial charge in [-0.25, -0.2) is 10.1 Å². The summed E-state index contributed by atoms with van der Waals surface area (Å²) in [6, 6.07) is 0. The van der Waals surface area contributed by atoms with E-state index >= 15 is 0 Å². The average Bonchev–Trinajstić information content (AvgIpc) is 2.45. The van der Waals surface area contributed by atoms with Gasteiger partial charge in [-0.1, -0.05) is 54.4 Å². The molecule has 0 saturated heterocycles. The van der Waals surface area contributed by atoms with E-state index in [0.29, 0.717) is 35.5 Å². The molecule has 2 rings (SSSR count). The van der Waals surface area contributed by atoms with Crippen molar-refractivity contribution in [3.05, 3.63) is 0 Å². The molecule has 0 spiro atoms. The molecule has 0 bridgehead atoms. The van der Waals surface area contributed by atoms with E-state index in [-0.39, 0.29) is 12.2 Å². The van der Waals surface area contributed by atoms with Gasteiger partial charge in [0.15, 0.2) is 0 Å². The molecular weight excluding hydrogens is 333 g/mol. The molecule has 4 nitrogen and oxygen atoms in total. The van der Waals surface area contributed by atoms with Gasteiger partial charge in [0.2, 0.25) is 0 Å². The summed E-state index contributed by atoms with van der Waals surface area (Å²) in [7, 11) is -3.54. The lowest BCUT2D eigenvalue weighted by Gasteiger charge is -2.40. The van der Waals surface area contributed by atoms with Gasteiger partial charge in [-0.3, -0.25) is 9.05 Å². The van der Waals surface area contributed by atoms with Crippen molar-refractivity contribution in [1.29, 1.82) is 0 Å². The fourth-order valence-corrected chi connectivity index (χ4v) is 6.16. The van der Waals surface area contributed by atoms with E-state index in [9.17, 15) is 4.57 Å². The molecule has 0 heterocycles. The third-order valence-corrected chi connectivity index (χ3v) is 7.62. The molecule has 148 valence electrons. The minimum absolute atomic E-state index is 0.0434. The smallest absolute Gasteiger partial charge is 0.293 e. The largest absolute Gasteiger partial charge is 0.403 e. The summed E-state index contributed by atoms with van der Waals surface area (Å²) >= 11 is 0. The van der Waals surface area contributed by atoms with Crippen LogP contribution < -0.4 is 5.50 Å². The van der Waals surface area contributed by atoms with Crippen LogP contribution in [-0.4, -0.2) is 12.2 Å². The van der Waals surface area contributed by atoms with Crippen LogP contribution in [0.4, 0.5) is 0 Å². The van der Waals surface area contributed by atoms with E-state index in [1.54, 1.807) is 0 Å². The first kappa shape index (κ1) is 21.4. The fourth-order valence-electron chi connectivity index (χ4n) is 4.87. The molecule has 2 aliphatic carbocycles. The van der Waals surface area contributed by atoms with Crippen molar-refractivity contribution in [1.82, 2.24) is 0 Å². The van der Waals surface area contributed by atoms with E-state index in [1.807, 2.05) is 0 Å². The summed E-state index contributed by atoms with van der Waals surface area (Å²) in [5.74, 6) is 3.05. The maximum atomic E-state index is 13.0. The Kier molecular flexibility index (Phi) is 7.59. The van der Waals surface area contributed by atoms with Crippen LogP contribution in [0.25, 0.3) is 0 Å². The lowest BCUT2D eigenvalue weighted by Crippen LogP contribution is -2.37. The highest BCUT2D eigenvalue weighted by Crippen LogP contribution is 2.51. The Morgan fingerprint density at radius 3 is 1.48 bits per heavy atom. The van der Waals surface area contributed by atoms with Crippen molar-refractivity contribution >= 4 is 7.75 Å². The molecule has 2 N–H and O–H groups in total. The molecule has 0 aromatic heterocycles. The van der Waals surface area contributed by atoms with Gasteiger partial charge in [-0.05, 0) is 61.2 Å². The SMILES string of the molecule is CC(C)[C@H]1CC[C@@H](C)C[C@H]1OP(N)(=O)O[C@@H]1C[C@H](C)CC[C@@H]1C(C)C. The van der Waals surface area contributed by atoms with Gasteiger partial charge in [-0.15, -0.1) is 0 Å². The van der Waals surface area contributed by atoms with Crippen LogP contribution in [0.3, 0.4) is 0 Å². The zero-order valence-electron chi connectivity index (χ0n) is 17.1. The maximum absolute atomic E-state index is 13.0. The molecule has 0 unspecified atom stereocenters. The van der Waals surface area contributed by atoms with Crippen molar-refractivity contribution in [2.45, 2.75) is 92.3 Å². The lowest BCUT2D eigenvalue weighted by molar-refractivity contribution is -0.00346. The van der Waals surface area contributed by atoms with Gasteiger partial charge in [-0.2, -0.15) is 0 Å².